The summed E-state index contributed by atoms with van der Waals surface area (Å²) >= 11 is 0. The van der Waals surface area contributed by atoms with Gasteiger partial charge in [-0.3, -0.25) is 9.59 Å². The number of aliphatic carboxylic acids is 1. The highest BCUT2D eigenvalue weighted by Gasteiger charge is 2.75. The number of alkyl halides is 3. The summed E-state index contributed by atoms with van der Waals surface area (Å²) in [5, 5.41) is 17.9. The zero-order valence-corrected chi connectivity index (χ0v) is 17.0. The Hall–Kier alpha value is -2.65. The fourth-order valence-corrected chi connectivity index (χ4v) is 6.83. The highest BCUT2D eigenvalue weighted by molar-refractivity contribution is 7.92. The van der Waals surface area contributed by atoms with Crippen molar-refractivity contribution < 1.29 is 41.0 Å². The smallest absolute Gasteiger partial charge is 0.417 e. The van der Waals surface area contributed by atoms with Crippen molar-refractivity contribution in [3.05, 3.63) is 29.8 Å². The molecular formula is C19H19F3N2O6S. The first-order chi connectivity index (χ1) is 14.3. The van der Waals surface area contributed by atoms with E-state index in [0.717, 1.165) is 25.3 Å². The van der Waals surface area contributed by atoms with Crippen LogP contribution in [0.2, 0.25) is 0 Å². The number of hydrogen-bond acceptors (Lipinski definition) is 6. The third-order valence-corrected chi connectivity index (χ3v) is 8.67. The molecule has 1 aromatic rings. The summed E-state index contributed by atoms with van der Waals surface area (Å²) in [6.07, 6.45) is -7.41. The number of hydrogen-bond donors (Lipinski definition) is 2. The van der Waals surface area contributed by atoms with Gasteiger partial charge in [-0.25, -0.2) is 8.42 Å². The Balaban J connectivity index is 2.09. The van der Waals surface area contributed by atoms with Gasteiger partial charge in [0.2, 0.25) is 5.91 Å². The maximum atomic E-state index is 13.4. The predicted octanol–water partition coefficient (Wildman–Crippen LogP) is 1.74. The fourth-order valence-electron chi connectivity index (χ4n) is 4.79. The summed E-state index contributed by atoms with van der Waals surface area (Å²) in [5.41, 5.74) is 0.171. The SMILES string of the molecule is CO[C@@H]1C[C@H](S(=O)(=O)c2ccccc2C(F)(F)F)C[C@@]1(C(=O)O)C1CC1(C#N)C(N)=O. The van der Waals surface area contributed by atoms with E-state index in [0.29, 0.717) is 6.07 Å². The van der Waals surface area contributed by atoms with Gasteiger partial charge >= 0.3 is 12.1 Å². The lowest BCUT2D eigenvalue weighted by atomic mass is 9.75. The van der Waals surface area contributed by atoms with Gasteiger partial charge in [-0.15, -0.1) is 0 Å². The van der Waals surface area contributed by atoms with Gasteiger partial charge in [0.25, 0.3) is 0 Å². The Morgan fingerprint density at radius 1 is 1.29 bits per heavy atom. The van der Waals surface area contributed by atoms with Crippen LogP contribution in [0.3, 0.4) is 0 Å². The molecule has 0 saturated heterocycles. The van der Waals surface area contributed by atoms with Crippen LogP contribution in [0.25, 0.3) is 0 Å². The van der Waals surface area contributed by atoms with Crippen LogP contribution >= 0.6 is 0 Å². The number of nitrogens with two attached hydrogens (primary N) is 1. The summed E-state index contributed by atoms with van der Waals surface area (Å²) in [6, 6.07) is 5.37. The fraction of sp³-hybridized carbons (Fsp3) is 0.526. The summed E-state index contributed by atoms with van der Waals surface area (Å²) in [7, 11) is -3.49. The molecule has 2 fully saturated rings. The van der Waals surface area contributed by atoms with Crippen LogP contribution in [-0.2, 0) is 30.3 Å². The van der Waals surface area contributed by atoms with Gasteiger partial charge in [-0.1, -0.05) is 12.1 Å². The molecule has 2 aliphatic carbocycles. The molecule has 3 rings (SSSR count). The lowest BCUT2D eigenvalue weighted by molar-refractivity contribution is -0.159. The molecule has 12 heteroatoms. The number of primary amides is 1. The monoisotopic (exact) mass is 460 g/mol. The van der Waals surface area contributed by atoms with Crippen LogP contribution < -0.4 is 5.73 Å². The Kier molecular flexibility index (Phi) is 5.35. The summed E-state index contributed by atoms with van der Waals surface area (Å²) < 4.78 is 71.8. The van der Waals surface area contributed by atoms with E-state index in [1.165, 1.54) is 0 Å². The third-order valence-electron chi connectivity index (χ3n) is 6.46. The molecule has 2 unspecified atom stereocenters. The molecule has 168 valence electrons. The molecule has 1 aromatic carbocycles. The van der Waals surface area contributed by atoms with Gasteiger partial charge in [0.05, 0.1) is 27.9 Å². The molecule has 3 N–H and O–H groups in total. The Morgan fingerprint density at radius 3 is 2.35 bits per heavy atom. The highest BCUT2D eigenvalue weighted by atomic mass is 32.2. The number of carbonyl (C=O) groups excluding carboxylic acids is 1. The Morgan fingerprint density at radius 2 is 1.90 bits per heavy atom. The van der Waals surface area contributed by atoms with Crippen molar-refractivity contribution in [3.8, 4) is 6.07 Å². The summed E-state index contributed by atoms with van der Waals surface area (Å²) in [4.78, 5) is 23.2. The number of nitrogens with zero attached hydrogens (tertiary/aromatic N) is 1. The number of sulfone groups is 1. The van der Waals surface area contributed by atoms with Crippen molar-refractivity contribution in [2.45, 2.75) is 41.7 Å². The van der Waals surface area contributed by atoms with Crippen molar-refractivity contribution in [2.24, 2.45) is 22.5 Å². The van der Waals surface area contributed by atoms with Crippen LogP contribution in [-0.4, -0.2) is 43.9 Å². The number of benzene rings is 1. The van der Waals surface area contributed by atoms with Gasteiger partial charge in [0.15, 0.2) is 9.84 Å². The molecule has 0 heterocycles. The first-order valence-corrected chi connectivity index (χ1v) is 10.7. The molecule has 1 amide bonds. The van der Waals surface area contributed by atoms with E-state index >= 15 is 0 Å². The van der Waals surface area contributed by atoms with E-state index in [-0.39, 0.29) is 6.42 Å². The zero-order chi connectivity index (χ0) is 23.4. The number of ether oxygens (including phenoxy) is 1. The number of nitriles is 1. The second-order valence-corrected chi connectivity index (χ2v) is 10.1. The molecule has 8 nitrogen and oxygen atoms in total. The number of rotatable bonds is 6. The molecule has 31 heavy (non-hydrogen) atoms. The second-order valence-electron chi connectivity index (χ2n) is 7.87. The summed E-state index contributed by atoms with van der Waals surface area (Å²) in [5.74, 6) is -3.66. The van der Waals surface area contributed by atoms with Gasteiger partial charge < -0.3 is 15.6 Å². The maximum absolute atomic E-state index is 13.4. The van der Waals surface area contributed by atoms with Crippen LogP contribution in [0.4, 0.5) is 13.2 Å². The second kappa shape index (κ2) is 7.20. The van der Waals surface area contributed by atoms with E-state index in [4.69, 9.17) is 10.5 Å². The van der Waals surface area contributed by atoms with E-state index < -0.39 is 79.3 Å². The maximum Gasteiger partial charge on any atom is 0.417 e. The standard InChI is InChI=1S/C19H19F3N2O6S/c1-30-14-6-10(31(28,29)12-5-3-2-4-11(12)19(20,21)22)7-18(14,16(26)27)13-8-17(13,9-23)15(24)25/h2-5,10,13-14H,6-8H2,1H3,(H2,24,25)(H,26,27)/t10-,13?,14+,17?,18+/m0/s1. The number of amides is 1. The average Bonchev–Trinajstić information content (AvgIpc) is 3.32. The average molecular weight is 460 g/mol. The molecule has 5 atom stereocenters. The predicted molar refractivity (Wildman–Crippen MR) is 97.9 cm³/mol. The number of carbonyl (C=O) groups is 2. The third kappa shape index (κ3) is 3.27. The number of carboxylic acids is 1. The van der Waals surface area contributed by atoms with Crippen molar-refractivity contribution in [1.29, 1.82) is 5.26 Å². The lowest BCUT2D eigenvalue weighted by Crippen LogP contribution is -2.44. The van der Waals surface area contributed by atoms with Crippen molar-refractivity contribution in [1.82, 2.24) is 0 Å². The molecule has 0 aliphatic heterocycles. The number of carboxylic acid groups (broad SMARTS) is 1. The minimum Gasteiger partial charge on any atom is -0.481 e. The normalized spacial score (nSPS) is 32.9. The van der Waals surface area contributed by atoms with E-state index in [1.54, 1.807) is 6.07 Å². The van der Waals surface area contributed by atoms with Crippen LogP contribution in [0.15, 0.2) is 29.2 Å². The summed E-state index contributed by atoms with van der Waals surface area (Å²) in [6.45, 7) is 0. The van der Waals surface area contributed by atoms with E-state index in [9.17, 15) is 41.5 Å². The molecular weight excluding hydrogens is 441 g/mol. The number of halogens is 3. The van der Waals surface area contributed by atoms with E-state index in [2.05, 4.69) is 0 Å². The zero-order valence-electron chi connectivity index (χ0n) is 16.2. The van der Waals surface area contributed by atoms with Gasteiger partial charge in [-0.2, -0.15) is 18.4 Å². The Bertz CT molecular complexity index is 1080. The minimum atomic E-state index is -4.94. The van der Waals surface area contributed by atoms with Crippen LogP contribution in [0, 0.1) is 28.1 Å². The van der Waals surface area contributed by atoms with Crippen LogP contribution in [0.1, 0.15) is 24.8 Å². The molecule has 0 aromatic heterocycles. The molecule has 0 radical (unpaired) electrons. The molecule has 2 saturated carbocycles. The molecule has 2 aliphatic rings. The highest BCUT2D eigenvalue weighted by Crippen LogP contribution is 2.66. The first kappa shape index (κ1) is 23.0. The quantitative estimate of drug-likeness (QED) is 0.657. The van der Waals surface area contributed by atoms with Gasteiger partial charge in [0, 0.05) is 13.0 Å². The Labute approximate surface area is 175 Å². The molecule has 0 spiro atoms. The van der Waals surface area contributed by atoms with E-state index in [1.807, 2.05) is 0 Å². The van der Waals surface area contributed by atoms with Gasteiger partial charge in [-0.05, 0) is 31.4 Å². The molecule has 0 bridgehead atoms. The lowest BCUT2D eigenvalue weighted by Gasteiger charge is -2.31. The van der Waals surface area contributed by atoms with Gasteiger partial charge in [0.1, 0.15) is 10.8 Å². The first-order valence-electron chi connectivity index (χ1n) is 9.16. The van der Waals surface area contributed by atoms with Crippen molar-refractivity contribution in [3.63, 3.8) is 0 Å². The number of methoxy groups -OCH3 is 1. The topological polar surface area (TPSA) is 148 Å². The van der Waals surface area contributed by atoms with Crippen molar-refractivity contribution >= 4 is 21.7 Å². The van der Waals surface area contributed by atoms with Crippen molar-refractivity contribution in [2.75, 3.05) is 7.11 Å². The minimum absolute atomic E-state index is 0.198. The largest absolute Gasteiger partial charge is 0.481 e. The van der Waals surface area contributed by atoms with Crippen LogP contribution in [0.5, 0.6) is 0 Å².